The van der Waals surface area contributed by atoms with E-state index in [1.807, 2.05) is 0 Å². The second-order valence-electron chi connectivity index (χ2n) is 1.94. The zero-order valence-corrected chi connectivity index (χ0v) is 6.20. The highest BCUT2D eigenvalue weighted by molar-refractivity contribution is 5.93. The number of carbonyl (C=O) groups is 2. The number of aromatic amines is 1. The van der Waals surface area contributed by atoms with Gasteiger partial charge in [0, 0.05) is 0 Å². The first-order chi connectivity index (χ1) is 5.70. The van der Waals surface area contributed by atoms with Crippen molar-refractivity contribution in [3.8, 4) is 5.75 Å². The van der Waals surface area contributed by atoms with Gasteiger partial charge in [-0.05, 0) is 0 Å². The van der Waals surface area contributed by atoms with Gasteiger partial charge in [0.25, 0.3) is 0 Å². The Balaban J connectivity index is 3.10. The monoisotopic (exact) mass is 170 g/mol. The van der Waals surface area contributed by atoms with Gasteiger partial charge >= 0.3 is 5.97 Å². The maximum atomic E-state index is 10.8. The molecule has 2 N–H and O–H groups in total. The third-order valence-electron chi connectivity index (χ3n) is 1.26. The number of esters is 1. The molecule has 0 aromatic carbocycles. The Hall–Kier alpha value is -1.85. The van der Waals surface area contributed by atoms with Crippen LogP contribution in [0.15, 0.2) is 0 Å². The summed E-state index contributed by atoms with van der Waals surface area (Å²) in [4.78, 5) is 21.0. The third-order valence-corrected chi connectivity index (χ3v) is 1.26. The molecule has 64 valence electrons. The zero-order valence-electron chi connectivity index (χ0n) is 6.20. The van der Waals surface area contributed by atoms with E-state index in [0.717, 1.165) is 7.11 Å². The van der Waals surface area contributed by atoms with Gasteiger partial charge in [-0.1, -0.05) is 0 Å². The first-order valence-electron chi connectivity index (χ1n) is 3.01. The number of aromatic nitrogens is 2. The minimum Gasteiger partial charge on any atom is -0.504 e. The minimum atomic E-state index is -0.795. The molecule has 0 amide bonds. The summed E-state index contributed by atoms with van der Waals surface area (Å²) in [6, 6.07) is 0. The SMILES string of the molecule is COC(=O)c1n[nH]c(C=O)c1O. The van der Waals surface area contributed by atoms with Gasteiger partial charge in [0.2, 0.25) is 5.69 Å². The fourth-order valence-corrected chi connectivity index (χ4v) is 0.671. The fourth-order valence-electron chi connectivity index (χ4n) is 0.671. The maximum Gasteiger partial charge on any atom is 0.362 e. The molecule has 1 heterocycles. The lowest BCUT2D eigenvalue weighted by Crippen LogP contribution is -2.01. The first-order valence-corrected chi connectivity index (χ1v) is 3.01. The standard InChI is InChI=1S/C6H6N2O4/c1-12-6(11)4-5(10)3(2-9)7-8-4/h2,10H,1H3,(H,7,8). The molecule has 0 aliphatic carbocycles. The van der Waals surface area contributed by atoms with Crippen LogP contribution in [0.5, 0.6) is 5.75 Å². The van der Waals surface area contributed by atoms with E-state index in [9.17, 15) is 9.59 Å². The molecule has 6 nitrogen and oxygen atoms in total. The van der Waals surface area contributed by atoms with Crippen LogP contribution in [0.25, 0.3) is 0 Å². The van der Waals surface area contributed by atoms with E-state index in [4.69, 9.17) is 5.11 Å². The van der Waals surface area contributed by atoms with Crippen LogP contribution >= 0.6 is 0 Å². The summed E-state index contributed by atoms with van der Waals surface area (Å²) in [6.07, 6.45) is 0.356. The van der Waals surface area contributed by atoms with E-state index in [2.05, 4.69) is 14.9 Å². The number of aldehydes is 1. The molecule has 1 aromatic rings. The number of carbonyl (C=O) groups excluding carboxylic acids is 2. The summed E-state index contributed by atoms with van der Waals surface area (Å²) in [5, 5.41) is 14.7. The molecule has 0 radical (unpaired) electrons. The van der Waals surface area contributed by atoms with Crippen molar-refractivity contribution >= 4 is 12.3 Å². The predicted octanol–water partition coefficient (Wildman–Crippen LogP) is -0.286. The van der Waals surface area contributed by atoms with Crippen LogP contribution in [-0.2, 0) is 4.74 Å². The third kappa shape index (κ3) is 1.14. The Labute approximate surface area is 67.2 Å². The van der Waals surface area contributed by atoms with E-state index in [1.165, 1.54) is 0 Å². The smallest absolute Gasteiger partial charge is 0.362 e. The molecular weight excluding hydrogens is 164 g/mol. The summed E-state index contributed by atoms with van der Waals surface area (Å²) in [5.74, 6) is -1.28. The second-order valence-corrected chi connectivity index (χ2v) is 1.94. The van der Waals surface area contributed by atoms with Crippen LogP contribution in [0.2, 0.25) is 0 Å². The lowest BCUT2D eigenvalue weighted by Gasteiger charge is -1.92. The van der Waals surface area contributed by atoms with Gasteiger partial charge in [-0.25, -0.2) is 4.79 Å². The molecule has 0 atom stereocenters. The average Bonchev–Trinajstić information content (AvgIpc) is 2.45. The number of hydrogen-bond donors (Lipinski definition) is 2. The van der Waals surface area contributed by atoms with Crippen LogP contribution in [0.4, 0.5) is 0 Å². The topological polar surface area (TPSA) is 92.3 Å². The van der Waals surface area contributed by atoms with Crippen molar-refractivity contribution < 1.29 is 19.4 Å². The first kappa shape index (κ1) is 8.25. The molecule has 0 fully saturated rings. The Bertz CT molecular complexity index is 317. The maximum absolute atomic E-state index is 10.8. The molecule has 0 saturated heterocycles. The molecule has 1 aromatic heterocycles. The van der Waals surface area contributed by atoms with Crippen molar-refractivity contribution in [2.75, 3.05) is 7.11 Å². The molecular formula is C6H6N2O4. The number of nitrogens with zero attached hydrogens (tertiary/aromatic N) is 1. The predicted molar refractivity (Wildman–Crippen MR) is 37.0 cm³/mol. The van der Waals surface area contributed by atoms with E-state index in [1.54, 1.807) is 0 Å². The number of nitrogens with one attached hydrogen (secondary N) is 1. The summed E-state index contributed by atoms with van der Waals surface area (Å²) >= 11 is 0. The minimum absolute atomic E-state index is 0.143. The van der Waals surface area contributed by atoms with Crippen LogP contribution in [0.3, 0.4) is 0 Å². The summed E-state index contributed by atoms with van der Waals surface area (Å²) in [7, 11) is 1.15. The Kier molecular flexibility index (Phi) is 2.09. The van der Waals surface area contributed by atoms with Crippen LogP contribution < -0.4 is 0 Å². The van der Waals surface area contributed by atoms with Gasteiger partial charge in [-0.2, -0.15) is 5.10 Å². The molecule has 0 spiro atoms. The molecule has 0 aliphatic rings. The average molecular weight is 170 g/mol. The molecule has 0 saturated carbocycles. The van der Waals surface area contributed by atoms with Gasteiger partial charge in [0.15, 0.2) is 12.0 Å². The normalized spacial score (nSPS) is 9.42. The quantitative estimate of drug-likeness (QED) is 0.470. The lowest BCUT2D eigenvalue weighted by molar-refractivity contribution is 0.0590. The van der Waals surface area contributed by atoms with Crippen molar-refractivity contribution in [1.29, 1.82) is 0 Å². The molecule has 12 heavy (non-hydrogen) atoms. The number of H-pyrrole nitrogens is 1. The van der Waals surface area contributed by atoms with Crippen molar-refractivity contribution in [1.82, 2.24) is 10.2 Å². The van der Waals surface area contributed by atoms with Gasteiger partial charge in [0.05, 0.1) is 7.11 Å². The van der Waals surface area contributed by atoms with E-state index in [-0.39, 0.29) is 11.4 Å². The van der Waals surface area contributed by atoms with Gasteiger partial charge in [0.1, 0.15) is 5.69 Å². The van der Waals surface area contributed by atoms with Gasteiger partial charge in [-0.3, -0.25) is 9.89 Å². The van der Waals surface area contributed by atoms with Crippen LogP contribution in [-0.4, -0.2) is 34.7 Å². The fraction of sp³-hybridized carbons (Fsp3) is 0.167. The summed E-state index contributed by atoms with van der Waals surface area (Å²) < 4.78 is 4.28. The summed E-state index contributed by atoms with van der Waals surface area (Å²) in [5.41, 5.74) is -0.435. The lowest BCUT2D eigenvalue weighted by atomic mass is 10.3. The van der Waals surface area contributed by atoms with Crippen LogP contribution in [0, 0.1) is 0 Å². The Morgan fingerprint density at radius 2 is 2.42 bits per heavy atom. The molecule has 0 unspecified atom stereocenters. The highest BCUT2D eigenvalue weighted by atomic mass is 16.5. The number of hydrogen-bond acceptors (Lipinski definition) is 5. The number of rotatable bonds is 2. The zero-order chi connectivity index (χ0) is 9.14. The Morgan fingerprint density at radius 3 is 2.83 bits per heavy atom. The number of aromatic hydroxyl groups is 1. The highest BCUT2D eigenvalue weighted by Crippen LogP contribution is 2.17. The number of methoxy groups -OCH3 is 1. The molecule has 6 heteroatoms. The molecule has 1 rings (SSSR count). The van der Waals surface area contributed by atoms with E-state index in [0.29, 0.717) is 6.29 Å². The van der Waals surface area contributed by atoms with E-state index < -0.39 is 11.7 Å². The molecule has 0 bridgehead atoms. The summed E-state index contributed by atoms with van der Waals surface area (Å²) in [6.45, 7) is 0. The van der Waals surface area contributed by atoms with Crippen molar-refractivity contribution in [2.45, 2.75) is 0 Å². The highest BCUT2D eigenvalue weighted by Gasteiger charge is 2.18. The molecule has 0 aliphatic heterocycles. The van der Waals surface area contributed by atoms with Gasteiger partial charge in [-0.15, -0.1) is 0 Å². The van der Waals surface area contributed by atoms with Crippen molar-refractivity contribution in [2.24, 2.45) is 0 Å². The Morgan fingerprint density at radius 1 is 1.75 bits per heavy atom. The second kappa shape index (κ2) is 3.04. The van der Waals surface area contributed by atoms with Crippen LogP contribution in [0.1, 0.15) is 21.0 Å². The van der Waals surface area contributed by atoms with Crippen molar-refractivity contribution in [3.63, 3.8) is 0 Å². The largest absolute Gasteiger partial charge is 0.504 e. The number of ether oxygens (including phenoxy) is 1. The van der Waals surface area contributed by atoms with E-state index >= 15 is 0 Å². The van der Waals surface area contributed by atoms with Gasteiger partial charge < -0.3 is 9.84 Å². The van der Waals surface area contributed by atoms with Crippen molar-refractivity contribution in [3.05, 3.63) is 11.4 Å².